The van der Waals surface area contributed by atoms with E-state index in [2.05, 4.69) is 0 Å². The SMILES string of the molecule is CCN(CCC(=N)N)S(=O)(=O)CC1CCCO1. The first-order valence-corrected chi connectivity index (χ1v) is 7.49. The molecule has 1 aliphatic heterocycles. The van der Waals surface area contributed by atoms with Crippen LogP contribution in [0.15, 0.2) is 0 Å². The third-order valence-corrected chi connectivity index (χ3v) is 4.82. The maximum atomic E-state index is 12.1. The van der Waals surface area contributed by atoms with Gasteiger partial charge in [-0.25, -0.2) is 12.7 Å². The lowest BCUT2D eigenvalue weighted by molar-refractivity contribution is 0.126. The van der Waals surface area contributed by atoms with E-state index in [-0.39, 0.29) is 30.7 Å². The van der Waals surface area contributed by atoms with Crippen LogP contribution < -0.4 is 5.73 Å². The van der Waals surface area contributed by atoms with E-state index in [0.29, 0.717) is 13.2 Å². The zero-order valence-electron chi connectivity index (χ0n) is 10.2. The van der Waals surface area contributed by atoms with Gasteiger partial charge in [-0.3, -0.25) is 5.41 Å². The summed E-state index contributed by atoms with van der Waals surface area (Å²) in [5, 5.41) is 7.12. The number of amidine groups is 1. The first-order chi connectivity index (χ1) is 7.95. The molecule has 0 aromatic rings. The highest BCUT2D eigenvalue weighted by Gasteiger charge is 2.27. The van der Waals surface area contributed by atoms with E-state index in [9.17, 15) is 8.42 Å². The molecule has 1 unspecified atom stereocenters. The van der Waals surface area contributed by atoms with E-state index in [1.165, 1.54) is 4.31 Å². The smallest absolute Gasteiger partial charge is 0.216 e. The number of rotatable bonds is 7. The van der Waals surface area contributed by atoms with E-state index in [4.69, 9.17) is 15.9 Å². The second-order valence-corrected chi connectivity index (χ2v) is 6.19. The van der Waals surface area contributed by atoms with Gasteiger partial charge in [0.15, 0.2) is 0 Å². The minimum Gasteiger partial charge on any atom is -0.388 e. The molecule has 0 amide bonds. The van der Waals surface area contributed by atoms with Crippen molar-refractivity contribution in [3.8, 4) is 0 Å². The van der Waals surface area contributed by atoms with E-state index in [1.807, 2.05) is 0 Å². The average molecular weight is 263 g/mol. The molecule has 1 fully saturated rings. The molecule has 0 bridgehead atoms. The fourth-order valence-corrected chi connectivity index (χ4v) is 3.56. The minimum atomic E-state index is -3.30. The highest BCUT2D eigenvalue weighted by molar-refractivity contribution is 7.89. The fraction of sp³-hybridized carbons (Fsp3) is 0.900. The summed E-state index contributed by atoms with van der Waals surface area (Å²) in [7, 11) is -3.30. The van der Waals surface area contributed by atoms with Crippen LogP contribution in [0.5, 0.6) is 0 Å². The van der Waals surface area contributed by atoms with Crippen LogP contribution in [-0.2, 0) is 14.8 Å². The van der Waals surface area contributed by atoms with Crippen LogP contribution in [0, 0.1) is 5.41 Å². The highest BCUT2D eigenvalue weighted by atomic mass is 32.2. The van der Waals surface area contributed by atoms with Gasteiger partial charge in [0.25, 0.3) is 0 Å². The zero-order chi connectivity index (χ0) is 12.9. The Bertz CT molecular complexity index is 350. The van der Waals surface area contributed by atoms with Gasteiger partial charge in [-0.1, -0.05) is 6.92 Å². The molecule has 0 saturated carbocycles. The molecule has 1 heterocycles. The molecule has 0 spiro atoms. The Morgan fingerprint density at radius 1 is 1.59 bits per heavy atom. The zero-order valence-corrected chi connectivity index (χ0v) is 11.0. The Hall–Kier alpha value is -0.660. The van der Waals surface area contributed by atoms with Gasteiger partial charge in [-0.2, -0.15) is 0 Å². The van der Waals surface area contributed by atoms with Crippen molar-refractivity contribution in [2.45, 2.75) is 32.3 Å². The third-order valence-electron chi connectivity index (χ3n) is 2.80. The highest BCUT2D eigenvalue weighted by Crippen LogP contribution is 2.16. The summed E-state index contributed by atoms with van der Waals surface area (Å²) in [6.45, 7) is 3.12. The van der Waals surface area contributed by atoms with Crippen molar-refractivity contribution in [2.24, 2.45) is 5.73 Å². The molecule has 0 aromatic carbocycles. The van der Waals surface area contributed by atoms with Gasteiger partial charge in [0, 0.05) is 26.1 Å². The van der Waals surface area contributed by atoms with Crippen LogP contribution >= 0.6 is 0 Å². The van der Waals surface area contributed by atoms with Crippen molar-refractivity contribution >= 4 is 15.9 Å². The first-order valence-electron chi connectivity index (χ1n) is 5.88. The van der Waals surface area contributed by atoms with Crippen LogP contribution in [0.25, 0.3) is 0 Å². The summed E-state index contributed by atoms with van der Waals surface area (Å²) in [5.74, 6) is 0.0504. The van der Waals surface area contributed by atoms with Crippen molar-refractivity contribution in [3.05, 3.63) is 0 Å². The molecule has 6 nitrogen and oxygen atoms in total. The Morgan fingerprint density at radius 3 is 2.76 bits per heavy atom. The maximum Gasteiger partial charge on any atom is 0.216 e. The van der Waals surface area contributed by atoms with E-state index >= 15 is 0 Å². The van der Waals surface area contributed by atoms with Gasteiger partial charge in [0.05, 0.1) is 17.7 Å². The van der Waals surface area contributed by atoms with Crippen molar-refractivity contribution in [1.29, 1.82) is 5.41 Å². The van der Waals surface area contributed by atoms with Gasteiger partial charge in [-0.05, 0) is 12.8 Å². The number of hydrogen-bond donors (Lipinski definition) is 2. The Labute approximate surface area is 103 Å². The number of nitrogens with one attached hydrogen (secondary N) is 1. The Morgan fingerprint density at radius 2 is 2.29 bits per heavy atom. The average Bonchev–Trinajstić information content (AvgIpc) is 2.69. The van der Waals surface area contributed by atoms with Crippen LogP contribution in [0.2, 0.25) is 0 Å². The van der Waals surface area contributed by atoms with Crippen molar-refractivity contribution in [1.82, 2.24) is 4.31 Å². The van der Waals surface area contributed by atoms with Crippen molar-refractivity contribution < 1.29 is 13.2 Å². The summed E-state index contributed by atoms with van der Waals surface area (Å²) in [6, 6.07) is 0. The number of nitrogens with two attached hydrogens (primary N) is 1. The molecule has 7 heteroatoms. The summed E-state index contributed by atoms with van der Waals surface area (Å²) < 4.78 is 30.8. The largest absolute Gasteiger partial charge is 0.388 e. The quantitative estimate of drug-likeness (QED) is 0.504. The molecule has 1 aliphatic rings. The summed E-state index contributed by atoms with van der Waals surface area (Å²) >= 11 is 0. The predicted molar refractivity (Wildman–Crippen MR) is 66.5 cm³/mol. The molecule has 17 heavy (non-hydrogen) atoms. The number of hydrogen-bond acceptors (Lipinski definition) is 4. The van der Waals surface area contributed by atoms with Crippen molar-refractivity contribution in [2.75, 3.05) is 25.4 Å². The van der Waals surface area contributed by atoms with Crippen LogP contribution in [-0.4, -0.2) is 50.1 Å². The van der Waals surface area contributed by atoms with Gasteiger partial charge in [0.2, 0.25) is 10.0 Å². The second kappa shape index (κ2) is 6.32. The van der Waals surface area contributed by atoms with Gasteiger partial charge in [-0.15, -0.1) is 0 Å². The number of sulfonamides is 1. The number of ether oxygens (including phenoxy) is 1. The Balaban J connectivity index is 2.55. The van der Waals surface area contributed by atoms with Crippen LogP contribution in [0.4, 0.5) is 0 Å². The molecule has 3 N–H and O–H groups in total. The lowest BCUT2D eigenvalue weighted by atomic mass is 10.3. The second-order valence-electron chi connectivity index (χ2n) is 4.18. The molecule has 1 saturated heterocycles. The molecule has 0 aliphatic carbocycles. The van der Waals surface area contributed by atoms with Gasteiger partial charge in [0.1, 0.15) is 0 Å². The summed E-state index contributed by atoms with van der Waals surface area (Å²) in [4.78, 5) is 0. The van der Waals surface area contributed by atoms with Crippen molar-refractivity contribution in [3.63, 3.8) is 0 Å². The molecule has 0 aromatic heterocycles. The maximum absolute atomic E-state index is 12.1. The predicted octanol–water partition coefficient (Wildman–Crippen LogP) is 0.143. The fourth-order valence-electron chi connectivity index (χ4n) is 1.86. The lowest BCUT2D eigenvalue weighted by Crippen LogP contribution is -2.38. The third kappa shape index (κ3) is 4.61. The lowest BCUT2D eigenvalue weighted by Gasteiger charge is -2.21. The molecule has 1 atom stereocenters. The van der Waals surface area contributed by atoms with E-state index < -0.39 is 10.0 Å². The van der Waals surface area contributed by atoms with Gasteiger partial charge >= 0.3 is 0 Å². The molecular formula is C10H21N3O3S. The first kappa shape index (κ1) is 14.4. The van der Waals surface area contributed by atoms with Crippen LogP contribution in [0.1, 0.15) is 26.2 Å². The monoisotopic (exact) mass is 263 g/mol. The topological polar surface area (TPSA) is 96.5 Å². The summed E-state index contributed by atoms with van der Waals surface area (Å²) in [6.07, 6.45) is 1.84. The minimum absolute atomic E-state index is 0.00997. The molecule has 100 valence electrons. The van der Waals surface area contributed by atoms with Gasteiger partial charge < -0.3 is 10.5 Å². The Kier molecular flexibility index (Phi) is 5.35. The molecule has 0 radical (unpaired) electrons. The molecule has 1 rings (SSSR count). The number of nitrogens with zero attached hydrogens (tertiary/aromatic N) is 1. The standard InChI is InChI=1S/C10H21N3O3S/c1-2-13(6-5-10(11)12)17(14,15)8-9-4-3-7-16-9/h9H,2-8H2,1H3,(H3,11,12). The van der Waals surface area contributed by atoms with Crippen LogP contribution in [0.3, 0.4) is 0 Å². The summed E-state index contributed by atoms with van der Waals surface area (Å²) in [5.41, 5.74) is 5.24. The van der Waals surface area contributed by atoms with E-state index in [1.54, 1.807) is 6.92 Å². The van der Waals surface area contributed by atoms with E-state index in [0.717, 1.165) is 12.8 Å². The molecular weight excluding hydrogens is 242 g/mol. The normalized spacial score (nSPS) is 20.9.